The number of nitrogens with one attached hydrogen (secondary N) is 1. The van der Waals surface area contributed by atoms with Crippen molar-refractivity contribution in [2.45, 2.75) is 13.3 Å². The number of aryl methyl sites for hydroxylation is 1. The normalized spacial score (nSPS) is 10.9. The lowest BCUT2D eigenvalue weighted by molar-refractivity contribution is 0.0956. The molecular formula is C17H22N2OS. The molecule has 2 aromatic rings. The van der Waals surface area contributed by atoms with Crippen LogP contribution in [0.5, 0.6) is 0 Å². The maximum Gasteiger partial charge on any atom is 0.261 e. The average Bonchev–Trinajstić information content (AvgIpc) is 2.86. The SMILES string of the molecule is Cc1cc(C(=O)NCCCN(C)C)sc1-c1ccccc1. The summed E-state index contributed by atoms with van der Waals surface area (Å²) in [5, 5.41) is 2.99. The molecule has 1 aromatic heterocycles. The van der Waals surface area contributed by atoms with Gasteiger partial charge in [0.15, 0.2) is 0 Å². The minimum atomic E-state index is 0.0315. The van der Waals surface area contributed by atoms with Gasteiger partial charge in [-0.25, -0.2) is 0 Å². The monoisotopic (exact) mass is 302 g/mol. The first-order valence-electron chi connectivity index (χ1n) is 7.16. The van der Waals surface area contributed by atoms with Crippen LogP contribution in [-0.4, -0.2) is 38.0 Å². The van der Waals surface area contributed by atoms with E-state index in [1.54, 1.807) is 11.3 Å². The molecule has 0 saturated carbocycles. The van der Waals surface area contributed by atoms with Gasteiger partial charge in [-0.1, -0.05) is 30.3 Å². The predicted molar refractivity (Wildman–Crippen MR) is 90.0 cm³/mol. The minimum absolute atomic E-state index is 0.0315. The zero-order valence-corrected chi connectivity index (χ0v) is 13.7. The number of carbonyl (C=O) groups is 1. The molecule has 0 bridgehead atoms. The van der Waals surface area contributed by atoms with Crippen molar-refractivity contribution in [2.75, 3.05) is 27.2 Å². The van der Waals surface area contributed by atoms with Gasteiger partial charge in [0.1, 0.15) is 0 Å². The third-order valence-corrected chi connectivity index (χ3v) is 4.53. The van der Waals surface area contributed by atoms with Gasteiger partial charge in [-0.05, 0) is 51.2 Å². The summed E-state index contributed by atoms with van der Waals surface area (Å²) in [5.74, 6) is 0.0315. The maximum absolute atomic E-state index is 12.2. The van der Waals surface area contributed by atoms with Gasteiger partial charge in [0.05, 0.1) is 4.88 Å². The molecular weight excluding hydrogens is 280 g/mol. The van der Waals surface area contributed by atoms with Crippen molar-refractivity contribution >= 4 is 17.2 Å². The van der Waals surface area contributed by atoms with Gasteiger partial charge in [0, 0.05) is 11.4 Å². The number of benzene rings is 1. The molecule has 1 N–H and O–H groups in total. The lowest BCUT2D eigenvalue weighted by Gasteiger charge is -2.09. The number of amides is 1. The Kier molecular flexibility index (Phi) is 5.53. The fraction of sp³-hybridized carbons (Fsp3) is 0.353. The van der Waals surface area contributed by atoms with Gasteiger partial charge in [-0.2, -0.15) is 0 Å². The van der Waals surface area contributed by atoms with E-state index in [-0.39, 0.29) is 5.91 Å². The first kappa shape index (κ1) is 15.7. The first-order valence-corrected chi connectivity index (χ1v) is 7.98. The van der Waals surface area contributed by atoms with E-state index in [4.69, 9.17) is 0 Å². The molecule has 0 spiro atoms. The van der Waals surface area contributed by atoms with E-state index in [1.807, 2.05) is 38.4 Å². The van der Waals surface area contributed by atoms with Gasteiger partial charge in [0.25, 0.3) is 5.91 Å². The van der Waals surface area contributed by atoms with E-state index in [2.05, 4.69) is 29.3 Å². The van der Waals surface area contributed by atoms with Crippen LogP contribution in [0.1, 0.15) is 21.7 Å². The highest BCUT2D eigenvalue weighted by Gasteiger charge is 2.13. The summed E-state index contributed by atoms with van der Waals surface area (Å²) in [5.41, 5.74) is 2.33. The number of thiophene rings is 1. The van der Waals surface area contributed by atoms with Crippen LogP contribution in [0, 0.1) is 6.92 Å². The second-order valence-corrected chi connectivity index (χ2v) is 6.45. The highest BCUT2D eigenvalue weighted by molar-refractivity contribution is 7.17. The Hall–Kier alpha value is -1.65. The zero-order valence-electron chi connectivity index (χ0n) is 12.8. The van der Waals surface area contributed by atoms with Crippen molar-refractivity contribution in [1.29, 1.82) is 0 Å². The maximum atomic E-state index is 12.2. The summed E-state index contributed by atoms with van der Waals surface area (Å²) in [6.07, 6.45) is 0.967. The molecule has 0 unspecified atom stereocenters. The second kappa shape index (κ2) is 7.38. The molecule has 0 aliphatic heterocycles. The fourth-order valence-corrected chi connectivity index (χ4v) is 3.25. The van der Waals surface area contributed by atoms with Crippen LogP contribution in [0.4, 0.5) is 0 Å². The van der Waals surface area contributed by atoms with E-state index >= 15 is 0 Å². The molecule has 0 aliphatic carbocycles. The predicted octanol–water partition coefficient (Wildman–Crippen LogP) is 3.41. The van der Waals surface area contributed by atoms with Crippen molar-refractivity contribution in [1.82, 2.24) is 10.2 Å². The van der Waals surface area contributed by atoms with Gasteiger partial charge >= 0.3 is 0 Å². The smallest absolute Gasteiger partial charge is 0.261 e. The minimum Gasteiger partial charge on any atom is -0.351 e. The van der Waals surface area contributed by atoms with E-state index in [9.17, 15) is 4.79 Å². The second-order valence-electron chi connectivity index (χ2n) is 5.40. The summed E-state index contributed by atoms with van der Waals surface area (Å²) in [4.78, 5) is 16.3. The van der Waals surface area contributed by atoms with E-state index in [0.29, 0.717) is 6.54 Å². The van der Waals surface area contributed by atoms with Crippen LogP contribution in [0.2, 0.25) is 0 Å². The molecule has 4 heteroatoms. The number of carbonyl (C=O) groups excluding carboxylic acids is 1. The summed E-state index contributed by atoms with van der Waals surface area (Å²) in [6.45, 7) is 3.76. The highest BCUT2D eigenvalue weighted by Crippen LogP contribution is 2.32. The number of hydrogen-bond donors (Lipinski definition) is 1. The standard InChI is InChI=1S/C17H22N2OS/c1-13-12-15(17(20)18-10-7-11-19(2)3)21-16(13)14-8-5-4-6-9-14/h4-6,8-9,12H,7,10-11H2,1-3H3,(H,18,20). The molecule has 1 amide bonds. The largest absolute Gasteiger partial charge is 0.351 e. The summed E-state index contributed by atoms with van der Waals surface area (Å²) >= 11 is 1.56. The Bertz CT molecular complexity index is 590. The van der Waals surface area contributed by atoms with E-state index < -0.39 is 0 Å². The molecule has 0 saturated heterocycles. The molecule has 112 valence electrons. The van der Waals surface area contributed by atoms with Crippen LogP contribution < -0.4 is 5.32 Å². The molecule has 1 heterocycles. The van der Waals surface area contributed by atoms with Crippen LogP contribution in [0.25, 0.3) is 10.4 Å². The van der Waals surface area contributed by atoms with Gasteiger partial charge in [0.2, 0.25) is 0 Å². The van der Waals surface area contributed by atoms with Gasteiger partial charge < -0.3 is 10.2 Å². The van der Waals surface area contributed by atoms with E-state index in [1.165, 1.54) is 10.4 Å². The fourth-order valence-electron chi connectivity index (χ4n) is 2.15. The Morgan fingerprint density at radius 3 is 2.62 bits per heavy atom. The summed E-state index contributed by atoms with van der Waals surface area (Å²) in [7, 11) is 4.08. The molecule has 1 aromatic carbocycles. The van der Waals surface area contributed by atoms with Crippen molar-refractivity contribution in [3.63, 3.8) is 0 Å². The Morgan fingerprint density at radius 2 is 1.95 bits per heavy atom. The molecule has 0 aliphatic rings. The average molecular weight is 302 g/mol. The van der Waals surface area contributed by atoms with Crippen molar-refractivity contribution in [3.05, 3.63) is 46.8 Å². The molecule has 0 atom stereocenters. The third-order valence-electron chi connectivity index (χ3n) is 3.25. The van der Waals surface area contributed by atoms with E-state index in [0.717, 1.165) is 23.4 Å². The number of rotatable bonds is 6. The molecule has 21 heavy (non-hydrogen) atoms. The highest BCUT2D eigenvalue weighted by atomic mass is 32.1. The summed E-state index contributed by atoms with van der Waals surface area (Å²) in [6, 6.07) is 12.2. The lowest BCUT2D eigenvalue weighted by Crippen LogP contribution is -2.26. The zero-order chi connectivity index (χ0) is 15.2. The van der Waals surface area contributed by atoms with Crippen LogP contribution in [-0.2, 0) is 0 Å². The Balaban J connectivity index is 2.00. The van der Waals surface area contributed by atoms with Crippen molar-refractivity contribution < 1.29 is 4.79 Å². The quantitative estimate of drug-likeness (QED) is 0.829. The first-order chi connectivity index (χ1) is 10.1. The number of hydrogen-bond acceptors (Lipinski definition) is 3. The van der Waals surface area contributed by atoms with Crippen LogP contribution in [0.3, 0.4) is 0 Å². The molecule has 0 radical (unpaired) electrons. The van der Waals surface area contributed by atoms with Gasteiger partial charge in [-0.3, -0.25) is 4.79 Å². The Labute approximate surface area is 130 Å². The van der Waals surface area contributed by atoms with Crippen molar-refractivity contribution in [3.8, 4) is 10.4 Å². The van der Waals surface area contributed by atoms with Crippen LogP contribution in [0.15, 0.2) is 36.4 Å². The third kappa shape index (κ3) is 4.41. The molecule has 0 fully saturated rings. The number of nitrogens with zero attached hydrogens (tertiary/aromatic N) is 1. The molecule has 3 nitrogen and oxygen atoms in total. The topological polar surface area (TPSA) is 32.3 Å². The van der Waals surface area contributed by atoms with Crippen molar-refractivity contribution in [2.24, 2.45) is 0 Å². The molecule has 2 rings (SSSR count). The lowest BCUT2D eigenvalue weighted by atomic mass is 10.1. The summed E-state index contributed by atoms with van der Waals surface area (Å²) < 4.78 is 0. The van der Waals surface area contributed by atoms with Gasteiger partial charge in [-0.15, -0.1) is 11.3 Å². The Morgan fingerprint density at radius 1 is 1.24 bits per heavy atom. The van der Waals surface area contributed by atoms with Crippen LogP contribution >= 0.6 is 11.3 Å².